The second-order valence-corrected chi connectivity index (χ2v) is 5.76. The number of fused-ring (bicyclic) bond motifs is 1. The Labute approximate surface area is 144 Å². The van der Waals surface area contributed by atoms with Gasteiger partial charge in [-0.1, -0.05) is 0 Å². The molecule has 142 valence electrons. The molecule has 0 aromatic rings. The van der Waals surface area contributed by atoms with Crippen molar-refractivity contribution in [2.45, 2.75) is 64.4 Å². The van der Waals surface area contributed by atoms with Crippen LogP contribution in [0, 0.1) is 0 Å². The Balaban J connectivity index is 2.29. The molecule has 0 N–H and O–H groups in total. The molecule has 10 heteroatoms. The van der Waals surface area contributed by atoms with Gasteiger partial charge in [-0.3, -0.25) is 19.1 Å². The lowest BCUT2D eigenvalue weighted by Crippen LogP contribution is -2.60. The van der Waals surface area contributed by atoms with Gasteiger partial charge in [-0.25, -0.2) is 0 Å². The van der Waals surface area contributed by atoms with Gasteiger partial charge in [-0.05, 0) is 0 Å². The van der Waals surface area contributed by atoms with Crippen LogP contribution in [0.5, 0.6) is 0 Å². The van der Waals surface area contributed by atoms with E-state index in [1.165, 1.54) is 34.8 Å². The topological polar surface area (TPSA) is 116 Å². The maximum atomic E-state index is 11.5. The van der Waals surface area contributed by atoms with E-state index in [9.17, 15) is 14.4 Å². The number of hydrogen-bond acceptors (Lipinski definition) is 10. The summed E-state index contributed by atoms with van der Waals surface area (Å²) in [5.74, 6) is -3.19. The van der Waals surface area contributed by atoms with Crippen LogP contribution in [0.2, 0.25) is 0 Å². The second kappa shape index (κ2) is 7.65. The standard InChI is InChI=1S/C15H22O10/c1-7(16)20-6-10-11(21-8(2)17)12(22-9(3)18)13-14(23-10)25-15(4,19-5)24-13/h10-14H,6H2,1-5H3/t10-,11+,12-,13-,14-,15?/m0/s1. The van der Waals surface area contributed by atoms with Crippen LogP contribution >= 0.6 is 0 Å². The Morgan fingerprint density at radius 1 is 0.960 bits per heavy atom. The van der Waals surface area contributed by atoms with Gasteiger partial charge in [0.2, 0.25) is 0 Å². The van der Waals surface area contributed by atoms with E-state index in [1.54, 1.807) is 0 Å². The van der Waals surface area contributed by atoms with Gasteiger partial charge in [-0.2, -0.15) is 0 Å². The Morgan fingerprint density at radius 3 is 2.08 bits per heavy atom. The SMILES string of the molecule is COC1(C)O[C@@H]2O[C@@H](COC(C)=O)[C@@H](OC(C)=O)[C@H](OC(C)=O)[C@@H]2O1. The Morgan fingerprint density at radius 2 is 1.56 bits per heavy atom. The summed E-state index contributed by atoms with van der Waals surface area (Å²) >= 11 is 0. The van der Waals surface area contributed by atoms with Gasteiger partial charge >= 0.3 is 17.9 Å². The molecule has 0 saturated carbocycles. The van der Waals surface area contributed by atoms with Crippen molar-refractivity contribution in [3.05, 3.63) is 0 Å². The minimum atomic E-state index is -1.43. The molecule has 0 spiro atoms. The highest BCUT2D eigenvalue weighted by Gasteiger charge is 2.59. The van der Waals surface area contributed by atoms with Crippen LogP contribution in [-0.2, 0) is 47.5 Å². The minimum Gasteiger partial charge on any atom is -0.463 e. The molecule has 1 unspecified atom stereocenters. The Hall–Kier alpha value is -1.75. The average molecular weight is 362 g/mol. The molecular weight excluding hydrogens is 340 g/mol. The highest BCUT2D eigenvalue weighted by molar-refractivity contribution is 5.67. The van der Waals surface area contributed by atoms with E-state index in [0.29, 0.717) is 0 Å². The number of ether oxygens (including phenoxy) is 7. The molecule has 2 aliphatic heterocycles. The summed E-state index contributed by atoms with van der Waals surface area (Å²) in [7, 11) is 1.37. The molecule has 25 heavy (non-hydrogen) atoms. The number of esters is 3. The van der Waals surface area contributed by atoms with Crippen LogP contribution in [-0.4, -0.2) is 68.3 Å². The number of carbonyl (C=O) groups excluding carboxylic acids is 3. The fraction of sp³-hybridized carbons (Fsp3) is 0.800. The molecule has 6 atom stereocenters. The van der Waals surface area contributed by atoms with Gasteiger partial charge in [0.1, 0.15) is 12.7 Å². The zero-order valence-corrected chi connectivity index (χ0v) is 14.7. The zero-order valence-electron chi connectivity index (χ0n) is 14.7. The van der Waals surface area contributed by atoms with Gasteiger partial charge in [0, 0.05) is 34.8 Å². The van der Waals surface area contributed by atoms with E-state index in [0.717, 1.165) is 0 Å². The normalized spacial score (nSPS) is 37.1. The molecular formula is C15H22O10. The number of carbonyl (C=O) groups is 3. The first-order valence-electron chi connectivity index (χ1n) is 7.69. The highest BCUT2D eigenvalue weighted by atomic mass is 16.9. The monoisotopic (exact) mass is 362 g/mol. The molecule has 2 fully saturated rings. The molecule has 0 aliphatic carbocycles. The lowest BCUT2D eigenvalue weighted by Gasteiger charge is -2.40. The van der Waals surface area contributed by atoms with Crippen LogP contribution < -0.4 is 0 Å². The van der Waals surface area contributed by atoms with E-state index >= 15 is 0 Å². The van der Waals surface area contributed by atoms with E-state index < -0.39 is 54.6 Å². The van der Waals surface area contributed by atoms with Crippen LogP contribution in [0.25, 0.3) is 0 Å². The molecule has 0 amide bonds. The van der Waals surface area contributed by atoms with Crippen LogP contribution in [0.3, 0.4) is 0 Å². The molecule has 10 nitrogen and oxygen atoms in total. The lowest BCUT2D eigenvalue weighted by atomic mass is 9.98. The molecule has 0 aromatic heterocycles. The summed E-state index contributed by atoms with van der Waals surface area (Å²) in [4.78, 5) is 34.1. The third-order valence-corrected chi connectivity index (χ3v) is 3.70. The minimum absolute atomic E-state index is 0.221. The summed E-state index contributed by atoms with van der Waals surface area (Å²) in [6, 6.07) is 0. The second-order valence-electron chi connectivity index (χ2n) is 5.76. The fourth-order valence-corrected chi connectivity index (χ4v) is 2.67. The van der Waals surface area contributed by atoms with E-state index in [4.69, 9.17) is 33.2 Å². The Bertz CT molecular complexity index is 534. The van der Waals surface area contributed by atoms with Crippen molar-refractivity contribution in [1.82, 2.24) is 0 Å². The van der Waals surface area contributed by atoms with Crippen molar-refractivity contribution in [2.24, 2.45) is 0 Å². The molecule has 0 radical (unpaired) electrons. The Kier molecular flexibility index (Phi) is 5.99. The number of hydrogen-bond donors (Lipinski definition) is 0. The van der Waals surface area contributed by atoms with Crippen molar-refractivity contribution in [3.8, 4) is 0 Å². The smallest absolute Gasteiger partial charge is 0.303 e. The third kappa shape index (κ3) is 4.66. The summed E-state index contributed by atoms with van der Waals surface area (Å²) in [5.41, 5.74) is 0. The summed E-state index contributed by atoms with van der Waals surface area (Å²) in [5, 5.41) is 0. The molecule has 2 rings (SSSR count). The lowest BCUT2D eigenvalue weighted by molar-refractivity contribution is -0.334. The third-order valence-electron chi connectivity index (χ3n) is 3.70. The summed E-state index contributed by atoms with van der Waals surface area (Å²) in [6.45, 7) is 4.93. The quantitative estimate of drug-likeness (QED) is 0.484. The molecule has 2 aliphatic rings. The fourth-order valence-electron chi connectivity index (χ4n) is 2.67. The van der Waals surface area contributed by atoms with Crippen LogP contribution in [0.15, 0.2) is 0 Å². The van der Waals surface area contributed by atoms with Crippen LogP contribution in [0.4, 0.5) is 0 Å². The number of rotatable bonds is 5. The predicted molar refractivity (Wildman–Crippen MR) is 77.8 cm³/mol. The molecule has 2 heterocycles. The van der Waals surface area contributed by atoms with Gasteiger partial charge in [0.25, 0.3) is 5.97 Å². The van der Waals surface area contributed by atoms with Crippen molar-refractivity contribution in [3.63, 3.8) is 0 Å². The largest absolute Gasteiger partial charge is 0.463 e. The van der Waals surface area contributed by atoms with Crippen molar-refractivity contribution in [2.75, 3.05) is 13.7 Å². The molecule has 0 bridgehead atoms. The highest BCUT2D eigenvalue weighted by Crippen LogP contribution is 2.39. The summed E-state index contributed by atoms with van der Waals surface area (Å²) < 4.78 is 37.6. The average Bonchev–Trinajstić information content (AvgIpc) is 2.84. The zero-order chi connectivity index (χ0) is 18.8. The molecule has 2 saturated heterocycles. The molecule has 0 aromatic carbocycles. The van der Waals surface area contributed by atoms with Gasteiger partial charge in [0.15, 0.2) is 24.6 Å². The maximum absolute atomic E-state index is 11.5. The van der Waals surface area contributed by atoms with Crippen LogP contribution in [0.1, 0.15) is 27.7 Å². The van der Waals surface area contributed by atoms with Crippen molar-refractivity contribution in [1.29, 1.82) is 0 Å². The first-order chi connectivity index (χ1) is 11.6. The van der Waals surface area contributed by atoms with E-state index in [1.807, 2.05) is 0 Å². The van der Waals surface area contributed by atoms with Gasteiger partial charge in [0.05, 0.1) is 0 Å². The van der Waals surface area contributed by atoms with Gasteiger partial charge < -0.3 is 28.4 Å². The first kappa shape index (κ1) is 19.6. The van der Waals surface area contributed by atoms with Gasteiger partial charge in [-0.15, -0.1) is 0 Å². The van der Waals surface area contributed by atoms with E-state index in [2.05, 4.69) is 0 Å². The summed E-state index contributed by atoms with van der Waals surface area (Å²) in [6.07, 6.45) is -4.86. The number of methoxy groups -OCH3 is 1. The maximum Gasteiger partial charge on any atom is 0.303 e. The van der Waals surface area contributed by atoms with Crippen molar-refractivity contribution >= 4 is 17.9 Å². The predicted octanol–water partition coefficient (Wildman–Crippen LogP) is -0.127. The van der Waals surface area contributed by atoms with E-state index in [-0.39, 0.29) is 6.61 Å². The van der Waals surface area contributed by atoms with Crippen molar-refractivity contribution < 1.29 is 47.5 Å². The first-order valence-corrected chi connectivity index (χ1v) is 7.69.